The zero-order chi connectivity index (χ0) is 10.8. The molecule has 0 fully saturated rings. The first-order valence-electron chi connectivity index (χ1n) is 4.20. The van der Waals surface area contributed by atoms with Gasteiger partial charge in [0.25, 0.3) is 0 Å². The summed E-state index contributed by atoms with van der Waals surface area (Å²) in [6.07, 6.45) is 1.63. The predicted molar refractivity (Wildman–Crippen MR) is 63.0 cm³/mol. The average Bonchev–Trinajstić information content (AvgIpc) is 2.56. The number of halogens is 2. The number of H-pyrrole nitrogens is 1. The Morgan fingerprint density at radius 3 is 2.80 bits per heavy atom. The van der Waals surface area contributed by atoms with E-state index in [1.165, 1.54) is 0 Å². The minimum atomic E-state index is 0.458. The van der Waals surface area contributed by atoms with Crippen LogP contribution in [0.3, 0.4) is 0 Å². The first-order valence-corrected chi connectivity index (χ1v) is 5.37. The molecular weight excluding hydrogens is 253 g/mol. The summed E-state index contributed by atoms with van der Waals surface area (Å²) in [5.41, 5.74) is 0.963. The number of rotatable bonds is 2. The Kier molecular flexibility index (Phi) is 3.09. The van der Waals surface area contributed by atoms with Crippen molar-refractivity contribution in [1.29, 1.82) is 0 Å². The molecule has 0 atom stereocenters. The quantitative estimate of drug-likeness (QED) is 0.840. The summed E-state index contributed by atoms with van der Waals surface area (Å²) in [4.78, 5) is 3.91. The molecular formula is C9H7Cl2N3S. The number of nitrogens with zero attached hydrogens (tertiary/aromatic N) is 2. The second kappa shape index (κ2) is 4.35. The third-order valence-corrected chi connectivity index (χ3v) is 2.69. The summed E-state index contributed by atoms with van der Waals surface area (Å²) < 4.78 is 2.22. The fraction of sp³-hybridized carbons (Fsp3) is 0.111. The van der Waals surface area contributed by atoms with Gasteiger partial charge in [-0.15, -0.1) is 0 Å². The van der Waals surface area contributed by atoms with Crippen LogP contribution in [0.4, 0.5) is 0 Å². The molecule has 3 nitrogen and oxygen atoms in total. The topological polar surface area (TPSA) is 33.6 Å². The van der Waals surface area contributed by atoms with Crippen LogP contribution in [-0.4, -0.2) is 14.8 Å². The largest absolute Gasteiger partial charge is 0.271 e. The normalized spacial score (nSPS) is 10.5. The van der Waals surface area contributed by atoms with Gasteiger partial charge in [-0.05, 0) is 29.9 Å². The molecule has 0 aliphatic heterocycles. The Morgan fingerprint density at radius 1 is 1.40 bits per heavy atom. The number of aromatic nitrogens is 3. The van der Waals surface area contributed by atoms with Crippen molar-refractivity contribution in [3.05, 3.63) is 44.9 Å². The third-order valence-electron chi connectivity index (χ3n) is 1.91. The molecule has 1 aromatic carbocycles. The van der Waals surface area contributed by atoms with Crippen LogP contribution in [0.2, 0.25) is 10.0 Å². The first kappa shape index (κ1) is 10.7. The smallest absolute Gasteiger partial charge is 0.213 e. The third kappa shape index (κ3) is 2.59. The molecule has 0 spiro atoms. The molecule has 0 aliphatic carbocycles. The Morgan fingerprint density at radius 2 is 2.20 bits per heavy atom. The number of benzene rings is 1. The van der Waals surface area contributed by atoms with Crippen LogP contribution < -0.4 is 0 Å². The van der Waals surface area contributed by atoms with Gasteiger partial charge < -0.3 is 0 Å². The van der Waals surface area contributed by atoms with E-state index in [1.54, 1.807) is 23.1 Å². The molecule has 15 heavy (non-hydrogen) atoms. The zero-order valence-electron chi connectivity index (χ0n) is 7.58. The molecule has 0 radical (unpaired) electrons. The van der Waals surface area contributed by atoms with Crippen molar-refractivity contribution in [3.63, 3.8) is 0 Å². The van der Waals surface area contributed by atoms with Gasteiger partial charge in [0, 0.05) is 10.0 Å². The lowest BCUT2D eigenvalue weighted by Gasteiger charge is -2.04. The lowest BCUT2D eigenvalue weighted by atomic mass is 10.2. The Bertz CT molecular complexity index is 532. The lowest BCUT2D eigenvalue weighted by Crippen LogP contribution is -2.00. The second-order valence-corrected chi connectivity index (χ2v) is 4.26. The van der Waals surface area contributed by atoms with Crippen molar-refractivity contribution < 1.29 is 0 Å². The second-order valence-electron chi connectivity index (χ2n) is 3.03. The van der Waals surface area contributed by atoms with Crippen LogP contribution >= 0.6 is 35.4 Å². The maximum atomic E-state index is 6.03. The lowest BCUT2D eigenvalue weighted by molar-refractivity contribution is 0.682. The molecule has 0 bridgehead atoms. The van der Waals surface area contributed by atoms with Crippen LogP contribution in [0.1, 0.15) is 5.56 Å². The van der Waals surface area contributed by atoms with Crippen LogP contribution in [0.25, 0.3) is 0 Å². The van der Waals surface area contributed by atoms with Gasteiger partial charge in [-0.3, -0.25) is 9.78 Å². The monoisotopic (exact) mass is 259 g/mol. The van der Waals surface area contributed by atoms with Gasteiger partial charge in [0.05, 0.1) is 6.54 Å². The summed E-state index contributed by atoms with van der Waals surface area (Å²) in [5, 5.41) is 4.16. The fourth-order valence-corrected chi connectivity index (χ4v) is 1.85. The van der Waals surface area contributed by atoms with Gasteiger partial charge in [0.15, 0.2) is 0 Å². The molecule has 1 N–H and O–H groups in total. The highest BCUT2D eigenvalue weighted by Gasteiger charge is 2.02. The molecule has 0 saturated heterocycles. The van der Waals surface area contributed by atoms with Crippen molar-refractivity contribution in [2.24, 2.45) is 0 Å². The van der Waals surface area contributed by atoms with Crippen LogP contribution in [0, 0.1) is 4.77 Å². The van der Waals surface area contributed by atoms with Crippen LogP contribution in [-0.2, 0) is 6.54 Å². The Labute approximate surface area is 102 Å². The highest BCUT2D eigenvalue weighted by molar-refractivity contribution is 7.71. The van der Waals surface area contributed by atoms with Gasteiger partial charge in [-0.1, -0.05) is 29.3 Å². The number of nitrogens with one attached hydrogen (secondary N) is 1. The molecule has 2 rings (SSSR count). The summed E-state index contributed by atoms with van der Waals surface area (Å²) in [7, 11) is 0. The van der Waals surface area contributed by atoms with Crippen molar-refractivity contribution >= 4 is 35.4 Å². The van der Waals surface area contributed by atoms with Crippen molar-refractivity contribution in [3.8, 4) is 0 Å². The van der Waals surface area contributed by atoms with Gasteiger partial charge in [-0.2, -0.15) is 0 Å². The van der Waals surface area contributed by atoms with E-state index < -0.39 is 0 Å². The number of aromatic amines is 1. The summed E-state index contributed by atoms with van der Waals surface area (Å²) in [5.74, 6) is 0. The van der Waals surface area contributed by atoms with E-state index in [0.717, 1.165) is 5.56 Å². The molecule has 1 aromatic heterocycles. The fourth-order valence-electron chi connectivity index (χ4n) is 1.22. The summed E-state index contributed by atoms with van der Waals surface area (Å²) in [6, 6.07) is 5.39. The Hall–Kier alpha value is -0.840. The number of hydrogen-bond acceptors (Lipinski definition) is 2. The standard InChI is InChI=1S/C9H7Cl2N3S/c10-7-2-1-6(8(11)3-7)4-14-5-12-9(15)13-14/h1-3,5H,4H2,(H,13,15). The molecule has 6 heteroatoms. The van der Waals surface area contributed by atoms with E-state index in [4.69, 9.17) is 35.4 Å². The van der Waals surface area contributed by atoms with Crippen LogP contribution in [0.5, 0.6) is 0 Å². The van der Waals surface area contributed by atoms with E-state index in [9.17, 15) is 0 Å². The molecule has 1 heterocycles. The van der Waals surface area contributed by atoms with Gasteiger partial charge >= 0.3 is 0 Å². The average molecular weight is 260 g/mol. The zero-order valence-corrected chi connectivity index (χ0v) is 9.90. The van der Waals surface area contributed by atoms with Crippen molar-refractivity contribution in [2.45, 2.75) is 6.54 Å². The van der Waals surface area contributed by atoms with E-state index in [1.807, 2.05) is 6.07 Å². The van der Waals surface area contributed by atoms with Gasteiger partial charge in [-0.25, -0.2) is 4.98 Å². The molecule has 0 saturated carbocycles. The van der Waals surface area contributed by atoms with Crippen molar-refractivity contribution in [1.82, 2.24) is 14.8 Å². The summed E-state index contributed by atoms with van der Waals surface area (Å²) in [6.45, 7) is 0.597. The van der Waals surface area contributed by atoms with Crippen molar-refractivity contribution in [2.75, 3.05) is 0 Å². The SMILES string of the molecule is S=c1ncn(Cc2ccc(Cl)cc2Cl)[nH]1. The molecule has 78 valence electrons. The van der Waals surface area contributed by atoms with E-state index in [-0.39, 0.29) is 0 Å². The Balaban J connectivity index is 2.28. The minimum Gasteiger partial charge on any atom is -0.271 e. The summed E-state index contributed by atoms with van der Waals surface area (Å²) >= 11 is 16.7. The van der Waals surface area contributed by atoms with E-state index >= 15 is 0 Å². The van der Waals surface area contributed by atoms with E-state index in [2.05, 4.69) is 10.1 Å². The number of hydrogen-bond donors (Lipinski definition) is 1. The molecule has 0 amide bonds. The van der Waals surface area contributed by atoms with Crippen LogP contribution in [0.15, 0.2) is 24.5 Å². The molecule has 0 unspecified atom stereocenters. The van der Waals surface area contributed by atoms with Gasteiger partial charge in [0.1, 0.15) is 6.33 Å². The highest BCUT2D eigenvalue weighted by atomic mass is 35.5. The minimum absolute atomic E-state index is 0.458. The maximum Gasteiger partial charge on any atom is 0.213 e. The van der Waals surface area contributed by atoms with E-state index in [0.29, 0.717) is 21.4 Å². The predicted octanol–water partition coefficient (Wildman–Crippen LogP) is 3.30. The molecule has 2 aromatic rings. The highest BCUT2D eigenvalue weighted by Crippen LogP contribution is 2.21. The molecule has 0 aliphatic rings. The van der Waals surface area contributed by atoms with Gasteiger partial charge in [0.2, 0.25) is 4.77 Å². The maximum absolute atomic E-state index is 6.03. The first-order chi connectivity index (χ1) is 7.15.